The maximum absolute atomic E-state index is 11.8. The van der Waals surface area contributed by atoms with Gasteiger partial charge in [0, 0.05) is 6.04 Å². The predicted octanol–water partition coefficient (Wildman–Crippen LogP) is 1.86. The van der Waals surface area contributed by atoms with Crippen LogP contribution in [0.2, 0.25) is 13.1 Å². The average Bonchev–Trinajstić information content (AvgIpc) is 2.21. The van der Waals surface area contributed by atoms with E-state index in [4.69, 9.17) is 10.2 Å². The van der Waals surface area contributed by atoms with Crippen LogP contribution in [0.5, 0.6) is 0 Å². The summed E-state index contributed by atoms with van der Waals surface area (Å²) in [4.78, 5) is 11.8. The Hall–Kier alpha value is -0.433. The number of carboxylic acid groups (broad SMARTS) is 1. The fraction of sp³-hybridized carbons (Fsp3) is 0.929. The second-order valence-electron chi connectivity index (χ2n) is 7.05. The summed E-state index contributed by atoms with van der Waals surface area (Å²) >= 11 is 0. The van der Waals surface area contributed by atoms with Gasteiger partial charge >= 0.3 is 5.97 Å². The molecule has 5 nitrogen and oxygen atoms in total. The van der Waals surface area contributed by atoms with Crippen LogP contribution in [0.3, 0.4) is 0 Å². The number of carbonyl (C=O) groups is 1. The van der Waals surface area contributed by atoms with Gasteiger partial charge in [0.2, 0.25) is 9.04 Å². The molecule has 1 radical (unpaired) electrons. The molecule has 0 fully saturated rings. The zero-order valence-corrected chi connectivity index (χ0v) is 14.7. The fourth-order valence-corrected chi connectivity index (χ4v) is 3.72. The Labute approximate surface area is 124 Å². The van der Waals surface area contributed by atoms with Crippen LogP contribution in [0.25, 0.3) is 0 Å². The third-order valence-corrected chi connectivity index (χ3v) is 4.12. The molecule has 0 rings (SSSR count). The van der Waals surface area contributed by atoms with Crippen molar-refractivity contribution in [1.82, 2.24) is 0 Å². The van der Waals surface area contributed by atoms with Gasteiger partial charge in [-0.05, 0) is 37.8 Å². The number of aliphatic hydroxyl groups is 1. The largest absolute Gasteiger partial charge is 0.479 e. The molecule has 0 aliphatic rings. The molecule has 4 N–H and O–H groups in total. The summed E-state index contributed by atoms with van der Waals surface area (Å²) in [5, 5.41) is 19.6. The first-order valence-electron chi connectivity index (χ1n) is 7.00. The normalized spacial score (nSPS) is 20.3. The van der Waals surface area contributed by atoms with Crippen molar-refractivity contribution in [3.05, 3.63) is 0 Å². The highest BCUT2D eigenvalue weighted by molar-refractivity contribution is 6.48. The number of nitrogens with two attached hydrogens (primary N) is 1. The molecule has 0 spiro atoms. The molecule has 4 atom stereocenters. The Morgan fingerprint density at radius 1 is 1.30 bits per heavy atom. The summed E-state index contributed by atoms with van der Waals surface area (Å²) in [6.45, 7) is 13.3. The van der Waals surface area contributed by atoms with Crippen molar-refractivity contribution in [2.75, 3.05) is 0 Å². The second kappa shape index (κ2) is 7.02. The van der Waals surface area contributed by atoms with Gasteiger partial charge in [0.25, 0.3) is 0 Å². The quantitative estimate of drug-likeness (QED) is 0.624. The van der Waals surface area contributed by atoms with Crippen LogP contribution >= 0.6 is 0 Å². The predicted molar refractivity (Wildman–Crippen MR) is 81.8 cm³/mol. The van der Waals surface area contributed by atoms with Gasteiger partial charge in [0.05, 0.1) is 6.10 Å². The summed E-state index contributed by atoms with van der Waals surface area (Å²) in [6, 6.07) is -0.765. The van der Waals surface area contributed by atoms with Crippen molar-refractivity contribution in [3.63, 3.8) is 0 Å². The summed E-state index contributed by atoms with van der Waals surface area (Å²) in [5.41, 5.74) is 4.50. The maximum Gasteiger partial charge on any atom is 0.339 e. The van der Waals surface area contributed by atoms with Gasteiger partial charge in [0.15, 0.2) is 5.60 Å². The molecule has 0 bridgehead atoms. The zero-order valence-electron chi connectivity index (χ0n) is 13.7. The van der Waals surface area contributed by atoms with E-state index in [1.807, 2.05) is 20.0 Å². The van der Waals surface area contributed by atoms with E-state index in [0.29, 0.717) is 0 Å². The van der Waals surface area contributed by atoms with Gasteiger partial charge in [-0.15, -0.1) is 0 Å². The maximum atomic E-state index is 11.8. The molecule has 4 unspecified atom stereocenters. The molecule has 0 aliphatic heterocycles. The number of carboxylic acids is 1. The van der Waals surface area contributed by atoms with Crippen LogP contribution in [0.15, 0.2) is 0 Å². The summed E-state index contributed by atoms with van der Waals surface area (Å²) in [5.74, 6) is -1.27. The van der Waals surface area contributed by atoms with Crippen LogP contribution in [0.1, 0.15) is 41.0 Å². The van der Waals surface area contributed by atoms with E-state index in [0.717, 1.165) is 6.42 Å². The standard InChI is InChI=1S/C14H30NO4Si/c1-9(8-13(3,4)5)11(15)14(10(2)16,12(17)18)19-20(6)7/h9-11,16H,8,15H2,1-7H3,(H,17,18). The Kier molecular flexibility index (Phi) is 6.87. The molecule has 0 aromatic carbocycles. The van der Waals surface area contributed by atoms with E-state index in [-0.39, 0.29) is 11.3 Å². The lowest BCUT2D eigenvalue weighted by molar-refractivity contribution is -0.171. The van der Waals surface area contributed by atoms with Gasteiger partial charge in [-0.2, -0.15) is 0 Å². The minimum atomic E-state index is -1.73. The lowest BCUT2D eigenvalue weighted by Gasteiger charge is -2.42. The Morgan fingerprint density at radius 2 is 1.75 bits per heavy atom. The molecule has 0 saturated carbocycles. The topological polar surface area (TPSA) is 92.8 Å². The molecule has 119 valence electrons. The number of hydrogen-bond acceptors (Lipinski definition) is 4. The minimum Gasteiger partial charge on any atom is -0.479 e. The Balaban J connectivity index is 5.45. The molecule has 20 heavy (non-hydrogen) atoms. The van der Waals surface area contributed by atoms with Gasteiger partial charge in [-0.1, -0.05) is 27.7 Å². The monoisotopic (exact) mass is 304 g/mol. The molecular weight excluding hydrogens is 274 g/mol. The first-order valence-corrected chi connectivity index (χ1v) is 9.41. The minimum absolute atomic E-state index is 0.0339. The summed E-state index contributed by atoms with van der Waals surface area (Å²) in [6.07, 6.45) is -0.410. The summed E-state index contributed by atoms with van der Waals surface area (Å²) < 4.78 is 5.69. The van der Waals surface area contributed by atoms with Crippen molar-refractivity contribution in [3.8, 4) is 0 Å². The molecule has 6 heteroatoms. The van der Waals surface area contributed by atoms with Gasteiger partial charge in [0.1, 0.15) is 0 Å². The van der Waals surface area contributed by atoms with E-state index >= 15 is 0 Å². The third-order valence-electron chi connectivity index (χ3n) is 3.37. The highest BCUT2D eigenvalue weighted by atomic mass is 28.3. The number of aliphatic hydroxyl groups excluding tert-OH is 1. The first-order chi connectivity index (χ1) is 8.84. The fourth-order valence-electron chi connectivity index (χ4n) is 2.65. The molecule has 0 saturated heterocycles. The van der Waals surface area contributed by atoms with Crippen LogP contribution in [0.4, 0.5) is 0 Å². The average molecular weight is 304 g/mol. The van der Waals surface area contributed by atoms with Crippen molar-refractivity contribution < 1.29 is 19.4 Å². The Morgan fingerprint density at radius 3 is 2.00 bits per heavy atom. The van der Waals surface area contributed by atoms with E-state index in [1.165, 1.54) is 6.92 Å². The van der Waals surface area contributed by atoms with Crippen LogP contribution < -0.4 is 5.73 Å². The third kappa shape index (κ3) is 4.84. The van der Waals surface area contributed by atoms with Gasteiger partial charge in [-0.25, -0.2) is 4.79 Å². The summed E-state index contributed by atoms with van der Waals surface area (Å²) in [7, 11) is -1.32. The lowest BCUT2D eigenvalue weighted by Crippen LogP contribution is -2.65. The molecular formula is C14H30NO4Si. The van der Waals surface area contributed by atoms with E-state index in [9.17, 15) is 15.0 Å². The lowest BCUT2D eigenvalue weighted by atomic mass is 9.75. The number of aliphatic carboxylic acids is 1. The van der Waals surface area contributed by atoms with Crippen molar-refractivity contribution in [1.29, 1.82) is 0 Å². The van der Waals surface area contributed by atoms with E-state index < -0.39 is 32.8 Å². The molecule has 0 heterocycles. The van der Waals surface area contributed by atoms with Crippen molar-refractivity contribution >= 4 is 15.0 Å². The highest BCUT2D eigenvalue weighted by Crippen LogP contribution is 2.32. The molecule has 0 aliphatic carbocycles. The van der Waals surface area contributed by atoms with E-state index in [2.05, 4.69) is 20.8 Å². The SMILES string of the molecule is CC(CC(C)(C)C)C(N)C(O[Si](C)C)(C(=O)O)C(C)O. The highest BCUT2D eigenvalue weighted by Gasteiger charge is 2.52. The zero-order chi connectivity index (χ0) is 16.3. The first kappa shape index (κ1) is 19.6. The molecule has 0 aromatic heterocycles. The molecule has 0 amide bonds. The van der Waals surface area contributed by atoms with Crippen LogP contribution in [-0.4, -0.2) is 43.0 Å². The second-order valence-corrected chi connectivity index (χ2v) is 9.07. The number of rotatable bonds is 7. The number of hydrogen-bond donors (Lipinski definition) is 3. The van der Waals surface area contributed by atoms with Crippen molar-refractivity contribution in [2.24, 2.45) is 17.1 Å². The molecule has 0 aromatic rings. The van der Waals surface area contributed by atoms with Gasteiger partial charge < -0.3 is 20.4 Å². The Bertz CT molecular complexity index is 328. The van der Waals surface area contributed by atoms with Crippen LogP contribution in [0, 0.1) is 11.3 Å². The van der Waals surface area contributed by atoms with E-state index in [1.54, 1.807) is 0 Å². The van der Waals surface area contributed by atoms with Crippen LogP contribution in [-0.2, 0) is 9.22 Å². The van der Waals surface area contributed by atoms with Gasteiger partial charge in [-0.3, -0.25) is 0 Å². The van der Waals surface area contributed by atoms with Crippen molar-refractivity contribution in [2.45, 2.75) is 71.9 Å². The smallest absolute Gasteiger partial charge is 0.339 e.